The highest BCUT2D eigenvalue weighted by atomic mass is 35.5. The molecule has 1 aliphatic rings. The number of hydrogen-bond donors (Lipinski definition) is 1. The average Bonchev–Trinajstić information content (AvgIpc) is 3.18. The van der Waals surface area contributed by atoms with Crippen molar-refractivity contribution in [1.29, 1.82) is 0 Å². The smallest absolute Gasteiger partial charge is 0.251 e. The minimum absolute atomic E-state index is 0.0724. The minimum atomic E-state index is -0.0724. The van der Waals surface area contributed by atoms with Crippen LogP contribution in [0.25, 0.3) is 0 Å². The molecule has 1 fully saturated rings. The Kier molecular flexibility index (Phi) is 6.53. The summed E-state index contributed by atoms with van der Waals surface area (Å²) >= 11 is 5.90. The predicted molar refractivity (Wildman–Crippen MR) is 105 cm³/mol. The fourth-order valence-electron chi connectivity index (χ4n) is 3.36. The van der Waals surface area contributed by atoms with E-state index in [1.807, 2.05) is 19.1 Å². The van der Waals surface area contributed by atoms with Crippen LogP contribution in [0.4, 0.5) is 0 Å². The molecule has 0 bridgehead atoms. The number of carbonyl (C=O) groups is 1. The highest BCUT2D eigenvalue weighted by molar-refractivity contribution is 6.30. The van der Waals surface area contributed by atoms with E-state index >= 15 is 0 Å². The largest absolute Gasteiger partial charge is 0.494 e. The lowest BCUT2D eigenvalue weighted by Crippen LogP contribution is -2.36. The maximum absolute atomic E-state index is 12.5. The van der Waals surface area contributed by atoms with Gasteiger partial charge < -0.3 is 10.1 Å². The molecule has 1 saturated heterocycles. The summed E-state index contributed by atoms with van der Waals surface area (Å²) in [6.45, 7) is 5.35. The highest BCUT2D eigenvalue weighted by Crippen LogP contribution is 2.26. The van der Waals surface area contributed by atoms with Crippen molar-refractivity contribution in [3.05, 3.63) is 64.7 Å². The van der Waals surface area contributed by atoms with Crippen LogP contribution in [-0.4, -0.2) is 37.0 Å². The van der Waals surface area contributed by atoms with Gasteiger partial charge in [0.05, 0.1) is 12.6 Å². The first-order chi connectivity index (χ1) is 12.7. The average molecular weight is 373 g/mol. The molecule has 1 atom stereocenters. The standard InChI is InChI=1S/C21H25ClN2O2/c1-2-26-19-11-7-16(8-12-19)20(24-13-3-4-14-24)15-23-21(25)17-5-9-18(22)10-6-17/h5-12,20H,2-4,13-15H2,1H3,(H,23,25). The maximum Gasteiger partial charge on any atom is 0.251 e. The van der Waals surface area contributed by atoms with Gasteiger partial charge in [0.1, 0.15) is 5.75 Å². The summed E-state index contributed by atoms with van der Waals surface area (Å²) in [5.74, 6) is 0.804. The number of ether oxygens (including phenoxy) is 1. The Balaban J connectivity index is 1.69. The Hall–Kier alpha value is -2.04. The van der Waals surface area contributed by atoms with E-state index in [0.29, 0.717) is 23.7 Å². The van der Waals surface area contributed by atoms with Crippen LogP contribution in [0.3, 0.4) is 0 Å². The number of benzene rings is 2. The van der Waals surface area contributed by atoms with Gasteiger partial charge in [-0.15, -0.1) is 0 Å². The van der Waals surface area contributed by atoms with Gasteiger partial charge in [-0.1, -0.05) is 23.7 Å². The Bertz CT molecular complexity index is 710. The first kappa shape index (κ1) is 18.7. The molecular weight excluding hydrogens is 348 g/mol. The Morgan fingerprint density at radius 2 is 1.77 bits per heavy atom. The summed E-state index contributed by atoms with van der Waals surface area (Å²) in [6.07, 6.45) is 2.41. The molecule has 3 rings (SSSR count). The lowest BCUT2D eigenvalue weighted by atomic mass is 10.0. The molecule has 0 spiro atoms. The van der Waals surface area contributed by atoms with Crippen LogP contribution in [-0.2, 0) is 0 Å². The molecule has 26 heavy (non-hydrogen) atoms. The van der Waals surface area contributed by atoms with Crippen LogP contribution in [0.15, 0.2) is 48.5 Å². The van der Waals surface area contributed by atoms with Crippen molar-refractivity contribution < 1.29 is 9.53 Å². The van der Waals surface area contributed by atoms with Gasteiger partial charge in [-0.25, -0.2) is 0 Å². The highest BCUT2D eigenvalue weighted by Gasteiger charge is 2.24. The van der Waals surface area contributed by atoms with Crippen LogP contribution in [0.1, 0.15) is 41.7 Å². The second kappa shape index (κ2) is 9.06. The fraction of sp³-hybridized carbons (Fsp3) is 0.381. The number of halogens is 1. The molecule has 1 heterocycles. The van der Waals surface area contributed by atoms with Crippen molar-refractivity contribution >= 4 is 17.5 Å². The molecule has 2 aromatic carbocycles. The maximum atomic E-state index is 12.5. The number of hydrogen-bond acceptors (Lipinski definition) is 3. The van der Waals surface area contributed by atoms with Crippen LogP contribution in [0.2, 0.25) is 5.02 Å². The van der Waals surface area contributed by atoms with Gasteiger partial charge in [-0.2, -0.15) is 0 Å². The summed E-state index contributed by atoms with van der Waals surface area (Å²) in [5.41, 5.74) is 1.83. The van der Waals surface area contributed by atoms with Gasteiger partial charge in [0.2, 0.25) is 0 Å². The summed E-state index contributed by atoms with van der Waals surface area (Å²) in [5, 5.41) is 3.71. The van der Waals surface area contributed by atoms with Crippen molar-refractivity contribution in [2.75, 3.05) is 26.2 Å². The van der Waals surface area contributed by atoms with Gasteiger partial charge in [-0.3, -0.25) is 9.69 Å². The van der Waals surface area contributed by atoms with E-state index in [-0.39, 0.29) is 11.9 Å². The lowest BCUT2D eigenvalue weighted by molar-refractivity contribution is 0.0938. The molecule has 2 aromatic rings. The second-order valence-corrected chi connectivity index (χ2v) is 6.91. The van der Waals surface area contributed by atoms with E-state index in [1.54, 1.807) is 24.3 Å². The van der Waals surface area contributed by atoms with E-state index in [4.69, 9.17) is 16.3 Å². The van der Waals surface area contributed by atoms with Crippen molar-refractivity contribution in [2.45, 2.75) is 25.8 Å². The van der Waals surface area contributed by atoms with Crippen molar-refractivity contribution in [3.8, 4) is 5.75 Å². The Morgan fingerprint density at radius 1 is 1.12 bits per heavy atom. The molecule has 1 N–H and O–H groups in total. The third-order valence-corrected chi connectivity index (χ3v) is 4.97. The van der Waals surface area contributed by atoms with Gasteiger partial charge in [-0.05, 0) is 74.8 Å². The lowest BCUT2D eigenvalue weighted by Gasteiger charge is -2.28. The van der Waals surface area contributed by atoms with Crippen LogP contribution in [0, 0.1) is 0 Å². The quantitative estimate of drug-likeness (QED) is 0.787. The van der Waals surface area contributed by atoms with Gasteiger partial charge >= 0.3 is 0 Å². The molecule has 0 aliphatic carbocycles. The first-order valence-corrected chi connectivity index (χ1v) is 9.55. The van der Waals surface area contributed by atoms with E-state index in [1.165, 1.54) is 18.4 Å². The number of likely N-dealkylation sites (tertiary alicyclic amines) is 1. The Labute approximate surface area is 160 Å². The summed E-state index contributed by atoms with van der Waals surface area (Å²) in [6, 6.07) is 15.3. The monoisotopic (exact) mass is 372 g/mol. The molecule has 0 saturated carbocycles. The zero-order valence-corrected chi connectivity index (χ0v) is 15.8. The zero-order chi connectivity index (χ0) is 18.4. The molecule has 1 amide bonds. The molecule has 5 heteroatoms. The molecule has 1 unspecified atom stereocenters. The number of nitrogens with zero attached hydrogens (tertiary/aromatic N) is 1. The van der Waals surface area contributed by atoms with E-state index in [9.17, 15) is 4.79 Å². The van der Waals surface area contributed by atoms with E-state index in [2.05, 4.69) is 22.3 Å². The second-order valence-electron chi connectivity index (χ2n) is 6.48. The summed E-state index contributed by atoms with van der Waals surface area (Å²) < 4.78 is 5.54. The third kappa shape index (κ3) is 4.77. The Morgan fingerprint density at radius 3 is 2.38 bits per heavy atom. The number of rotatable bonds is 7. The minimum Gasteiger partial charge on any atom is -0.494 e. The van der Waals surface area contributed by atoms with Crippen LogP contribution < -0.4 is 10.1 Å². The SMILES string of the molecule is CCOc1ccc(C(CNC(=O)c2ccc(Cl)cc2)N2CCCC2)cc1. The molecule has 1 aliphatic heterocycles. The summed E-state index contributed by atoms with van der Waals surface area (Å²) in [7, 11) is 0. The van der Waals surface area contributed by atoms with Crippen molar-refractivity contribution in [3.63, 3.8) is 0 Å². The third-order valence-electron chi connectivity index (χ3n) is 4.72. The zero-order valence-electron chi connectivity index (χ0n) is 15.1. The first-order valence-electron chi connectivity index (χ1n) is 9.18. The molecule has 4 nitrogen and oxygen atoms in total. The number of nitrogens with one attached hydrogen (secondary N) is 1. The molecule has 0 radical (unpaired) electrons. The summed E-state index contributed by atoms with van der Waals surface area (Å²) in [4.78, 5) is 14.9. The number of carbonyl (C=O) groups excluding carboxylic acids is 1. The molecule has 0 aromatic heterocycles. The molecule has 138 valence electrons. The van der Waals surface area contributed by atoms with Gasteiger partial charge in [0.15, 0.2) is 0 Å². The van der Waals surface area contributed by atoms with Crippen LogP contribution in [0.5, 0.6) is 5.75 Å². The number of amides is 1. The normalized spacial score (nSPS) is 15.6. The van der Waals surface area contributed by atoms with Crippen molar-refractivity contribution in [1.82, 2.24) is 10.2 Å². The predicted octanol–water partition coefficient (Wildman–Crippen LogP) is 4.31. The topological polar surface area (TPSA) is 41.6 Å². The van der Waals surface area contributed by atoms with Crippen molar-refractivity contribution in [2.24, 2.45) is 0 Å². The van der Waals surface area contributed by atoms with Gasteiger partial charge in [0.25, 0.3) is 5.91 Å². The van der Waals surface area contributed by atoms with Gasteiger partial charge in [0, 0.05) is 17.1 Å². The molecular formula is C21H25ClN2O2. The fourth-order valence-corrected chi connectivity index (χ4v) is 3.48. The van der Waals surface area contributed by atoms with E-state index in [0.717, 1.165) is 18.8 Å². The van der Waals surface area contributed by atoms with E-state index < -0.39 is 0 Å². The van der Waals surface area contributed by atoms with Crippen LogP contribution >= 0.6 is 11.6 Å².